The van der Waals surface area contributed by atoms with E-state index in [-0.39, 0.29) is 6.10 Å². The van der Waals surface area contributed by atoms with E-state index in [1.54, 1.807) is 0 Å². The largest absolute Gasteiger partial charge is 0.393 e. The van der Waals surface area contributed by atoms with E-state index in [0.717, 1.165) is 36.8 Å². The minimum Gasteiger partial charge on any atom is -0.393 e. The summed E-state index contributed by atoms with van der Waals surface area (Å²) in [5.74, 6) is 2.56. The number of piperidine rings is 1. The summed E-state index contributed by atoms with van der Waals surface area (Å²) in [5.41, 5.74) is 1.02. The second kappa shape index (κ2) is 5.22. The van der Waals surface area contributed by atoms with Gasteiger partial charge in [0.05, 0.1) is 6.10 Å². The van der Waals surface area contributed by atoms with Gasteiger partial charge < -0.3 is 10.0 Å². The molecule has 2 rings (SSSR count). The fourth-order valence-corrected chi connectivity index (χ4v) is 2.34. The molecule has 1 aliphatic rings. The third-order valence-electron chi connectivity index (χ3n) is 3.56. The normalized spacial score (nSPS) is 24.7. The van der Waals surface area contributed by atoms with E-state index in [2.05, 4.69) is 35.6 Å². The molecule has 0 amide bonds. The lowest BCUT2D eigenvalue weighted by molar-refractivity contribution is 0.0968. The first-order chi connectivity index (χ1) is 8.47. The van der Waals surface area contributed by atoms with Gasteiger partial charge >= 0.3 is 0 Å². The van der Waals surface area contributed by atoms with Crippen molar-refractivity contribution < 1.29 is 5.11 Å². The van der Waals surface area contributed by atoms with Crippen LogP contribution in [0.25, 0.3) is 0 Å². The van der Waals surface area contributed by atoms with E-state index in [9.17, 15) is 5.11 Å². The van der Waals surface area contributed by atoms with Crippen molar-refractivity contribution in [3.63, 3.8) is 0 Å². The highest BCUT2D eigenvalue weighted by atomic mass is 16.3. The number of aryl methyl sites for hydroxylation is 1. The molecule has 100 valence electrons. The molecule has 1 aliphatic heterocycles. The zero-order valence-electron chi connectivity index (χ0n) is 11.7. The third-order valence-corrected chi connectivity index (χ3v) is 3.56. The van der Waals surface area contributed by atoms with Crippen molar-refractivity contribution in [2.75, 3.05) is 18.0 Å². The van der Waals surface area contributed by atoms with Crippen LogP contribution in [0.15, 0.2) is 6.07 Å². The van der Waals surface area contributed by atoms with Gasteiger partial charge in [0.25, 0.3) is 0 Å². The van der Waals surface area contributed by atoms with Crippen molar-refractivity contribution in [1.29, 1.82) is 0 Å². The van der Waals surface area contributed by atoms with Gasteiger partial charge in [-0.3, -0.25) is 0 Å². The van der Waals surface area contributed by atoms with E-state index in [1.165, 1.54) is 0 Å². The molecule has 0 aliphatic carbocycles. The predicted octanol–water partition coefficient (Wildman–Crippen LogP) is 2.12. The fraction of sp³-hybridized carbons (Fsp3) is 0.714. The molecule has 4 heteroatoms. The summed E-state index contributed by atoms with van der Waals surface area (Å²) in [6.45, 7) is 10.1. The Labute approximate surface area is 109 Å². The Hall–Kier alpha value is -1.16. The van der Waals surface area contributed by atoms with Gasteiger partial charge in [0.1, 0.15) is 11.6 Å². The van der Waals surface area contributed by atoms with E-state index in [4.69, 9.17) is 0 Å². The highest BCUT2D eigenvalue weighted by Crippen LogP contribution is 2.23. The molecule has 4 nitrogen and oxygen atoms in total. The summed E-state index contributed by atoms with van der Waals surface area (Å²) in [7, 11) is 0. The van der Waals surface area contributed by atoms with Gasteiger partial charge in [-0.1, -0.05) is 20.8 Å². The maximum Gasteiger partial charge on any atom is 0.133 e. The molecular formula is C14H23N3O. The molecule has 0 spiro atoms. The van der Waals surface area contributed by atoms with Crippen molar-refractivity contribution in [3.05, 3.63) is 17.6 Å². The van der Waals surface area contributed by atoms with Crippen LogP contribution in [-0.4, -0.2) is 34.3 Å². The fourth-order valence-electron chi connectivity index (χ4n) is 2.34. The van der Waals surface area contributed by atoms with Crippen LogP contribution in [0, 0.1) is 12.8 Å². The molecule has 0 bridgehead atoms. The Bertz CT molecular complexity index is 420. The molecular weight excluding hydrogens is 226 g/mol. The predicted molar refractivity (Wildman–Crippen MR) is 72.9 cm³/mol. The summed E-state index contributed by atoms with van der Waals surface area (Å²) in [4.78, 5) is 11.4. The van der Waals surface area contributed by atoms with Crippen molar-refractivity contribution in [3.8, 4) is 0 Å². The monoisotopic (exact) mass is 249 g/mol. The minimum absolute atomic E-state index is 0.172. The first-order valence-corrected chi connectivity index (χ1v) is 6.76. The maximum atomic E-state index is 9.78. The molecule has 1 fully saturated rings. The molecule has 2 heterocycles. The van der Waals surface area contributed by atoms with Crippen LogP contribution in [0.4, 0.5) is 5.82 Å². The number of hydrogen-bond acceptors (Lipinski definition) is 4. The molecule has 18 heavy (non-hydrogen) atoms. The number of rotatable bonds is 2. The Balaban J connectivity index is 2.23. The highest BCUT2D eigenvalue weighted by molar-refractivity contribution is 5.40. The average Bonchev–Trinajstić information content (AvgIpc) is 2.31. The first-order valence-electron chi connectivity index (χ1n) is 6.76. The first kappa shape index (κ1) is 13.3. The minimum atomic E-state index is -0.172. The highest BCUT2D eigenvalue weighted by Gasteiger charge is 2.25. The lowest BCUT2D eigenvalue weighted by atomic mass is 9.97. The summed E-state index contributed by atoms with van der Waals surface area (Å²) < 4.78 is 0. The van der Waals surface area contributed by atoms with Crippen LogP contribution in [0.3, 0.4) is 0 Å². The van der Waals surface area contributed by atoms with Crippen molar-refractivity contribution in [1.82, 2.24) is 9.97 Å². The van der Waals surface area contributed by atoms with Crippen molar-refractivity contribution >= 4 is 5.82 Å². The summed E-state index contributed by atoms with van der Waals surface area (Å²) in [5, 5.41) is 9.78. The molecule has 2 atom stereocenters. The van der Waals surface area contributed by atoms with E-state index < -0.39 is 0 Å². The van der Waals surface area contributed by atoms with Gasteiger partial charge in [-0.25, -0.2) is 9.97 Å². The zero-order chi connectivity index (χ0) is 13.3. The number of aliphatic hydroxyl groups excluding tert-OH is 1. The van der Waals surface area contributed by atoms with Crippen LogP contribution in [0.2, 0.25) is 0 Å². The lowest BCUT2D eigenvalue weighted by Gasteiger charge is -2.35. The van der Waals surface area contributed by atoms with Crippen LogP contribution >= 0.6 is 0 Å². The van der Waals surface area contributed by atoms with Crippen LogP contribution < -0.4 is 4.90 Å². The third kappa shape index (κ3) is 2.80. The van der Waals surface area contributed by atoms with Gasteiger partial charge in [-0.2, -0.15) is 0 Å². The molecule has 2 unspecified atom stereocenters. The zero-order valence-corrected chi connectivity index (χ0v) is 11.7. The lowest BCUT2D eigenvalue weighted by Crippen LogP contribution is -2.42. The van der Waals surface area contributed by atoms with Gasteiger partial charge in [-0.05, 0) is 19.3 Å². The average molecular weight is 249 g/mol. The van der Waals surface area contributed by atoms with E-state index >= 15 is 0 Å². The Morgan fingerprint density at radius 1 is 1.39 bits per heavy atom. The molecule has 1 aromatic rings. The maximum absolute atomic E-state index is 9.78. The molecule has 0 saturated carbocycles. The number of anilines is 1. The molecule has 1 saturated heterocycles. The second-order valence-corrected chi connectivity index (χ2v) is 5.66. The number of hydrogen-bond donors (Lipinski definition) is 1. The summed E-state index contributed by atoms with van der Waals surface area (Å²) in [6, 6.07) is 2.04. The van der Waals surface area contributed by atoms with Gasteiger partial charge in [-0.15, -0.1) is 0 Å². The van der Waals surface area contributed by atoms with Crippen molar-refractivity contribution in [2.24, 2.45) is 5.92 Å². The Kier molecular flexibility index (Phi) is 3.85. The SMILES string of the molecule is Cc1cc(N2CCC(O)C(C)C2)nc(C(C)C)n1. The topological polar surface area (TPSA) is 49.2 Å². The molecule has 0 radical (unpaired) electrons. The number of aromatic nitrogens is 2. The van der Waals surface area contributed by atoms with Crippen LogP contribution in [0.5, 0.6) is 0 Å². The quantitative estimate of drug-likeness (QED) is 0.872. The van der Waals surface area contributed by atoms with Gasteiger partial charge in [0.2, 0.25) is 0 Å². The van der Waals surface area contributed by atoms with Crippen LogP contribution in [0.1, 0.15) is 44.6 Å². The second-order valence-electron chi connectivity index (χ2n) is 5.66. The Morgan fingerprint density at radius 2 is 2.11 bits per heavy atom. The standard InChI is InChI=1S/C14H23N3O/c1-9(2)14-15-11(4)7-13(16-14)17-6-5-12(18)10(3)8-17/h7,9-10,12,18H,5-6,8H2,1-4H3. The summed E-state index contributed by atoms with van der Waals surface area (Å²) >= 11 is 0. The van der Waals surface area contributed by atoms with Gasteiger partial charge in [0.15, 0.2) is 0 Å². The van der Waals surface area contributed by atoms with E-state index in [1.807, 2.05) is 13.0 Å². The molecule has 1 N–H and O–H groups in total. The van der Waals surface area contributed by atoms with Crippen molar-refractivity contribution in [2.45, 2.75) is 46.1 Å². The molecule has 1 aromatic heterocycles. The van der Waals surface area contributed by atoms with Crippen LogP contribution in [-0.2, 0) is 0 Å². The number of nitrogens with zero attached hydrogens (tertiary/aromatic N) is 3. The molecule has 0 aromatic carbocycles. The van der Waals surface area contributed by atoms with E-state index in [0.29, 0.717) is 11.8 Å². The smallest absolute Gasteiger partial charge is 0.133 e. The van der Waals surface area contributed by atoms with Gasteiger partial charge in [0, 0.05) is 30.8 Å². The number of aliphatic hydroxyl groups is 1. The summed E-state index contributed by atoms with van der Waals surface area (Å²) in [6.07, 6.45) is 0.648. The Morgan fingerprint density at radius 3 is 2.72 bits per heavy atom.